The number of nitrogens with zero attached hydrogens (tertiary/aromatic N) is 1. The summed E-state index contributed by atoms with van der Waals surface area (Å²) in [5.74, 6) is -0.106. The SMILES string of the molecule is CCN1C(=O)/C(=C/c2cc(Cl)c(OCC(=O)OC)c(OC)c2)SC1=S. The molecule has 9 heteroatoms. The minimum Gasteiger partial charge on any atom is -0.493 e. The highest BCUT2D eigenvalue weighted by Crippen LogP contribution is 2.39. The van der Waals surface area contributed by atoms with E-state index >= 15 is 0 Å². The molecule has 0 saturated carbocycles. The van der Waals surface area contributed by atoms with Gasteiger partial charge in [-0.3, -0.25) is 9.69 Å². The van der Waals surface area contributed by atoms with Gasteiger partial charge in [0.25, 0.3) is 5.91 Å². The molecule has 1 aromatic rings. The molecule has 0 spiro atoms. The lowest BCUT2D eigenvalue weighted by molar-refractivity contribution is -0.142. The number of hydrogen-bond acceptors (Lipinski definition) is 7. The number of amides is 1. The molecule has 0 atom stereocenters. The van der Waals surface area contributed by atoms with Crippen molar-refractivity contribution in [1.29, 1.82) is 0 Å². The number of carbonyl (C=O) groups is 2. The van der Waals surface area contributed by atoms with E-state index in [1.807, 2.05) is 6.92 Å². The molecule has 0 aliphatic carbocycles. The molecule has 1 aliphatic heterocycles. The van der Waals surface area contributed by atoms with E-state index in [0.717, 1.165) is 0 Å². The number of methoxy groups -OCH3 is 2. The first-order valence-electron chi connectivity index (χ1n) is 7.23. The average molecular weight is 402 g/mol. The Morgan fingerprint density at radius 3 is 2.68 bits per heavy atom. The van der Waals surface area contributed by atoms with Gasteiger partial charge < -0.3 is 14.2 Å². The van der Waals surface area contributed by atoms with Crippen molar-refractivity contribution in [3.63, 3.8) is 0 Å². The van der Waals surface area contributed by atoms with Crippen LogP contribution in [-0.2, 0) is 14.3 Å². The number of ether oxygens (including phenoxy) is 3. The first-order valence-corrected chi connectivity index (χ1v) is 8.84. The summed E-state index contributed by atoms with van der Waals surface area (Å²) in [7, 11) is 2.72. The van der Waals surface area contributed by atoms with Crippen molar-refractivity contribution in [2.45, 2.75) is 6.92 Å². The van der Waals surface area contributed by atoms with Crippen LogP contribution in [-0.4, -0.2) is 48.5 Å². The molecular weight excluding hydrogens is 386 g/mol. The number of halogens is 1. The quantitative estimate of drug-likeness (QED) is 0.412. The summed E-state index contributed by atoms with van der Waals surface area (Å²) in [5.41, 5.74) is 0.656. The summed E-state index contributed by atoms with van der Waals surface area (Å²) in [6.45, 7) is 2.09. The molecule has 1 amide bonds. The topological polar surface area (TPSA) is 65.1 Å². The number of esters is 1. The summed E-state index contributed by atoms with van der Waals surface area (Å²) < 4.78 is 15.7. The van der Waals surface area contributed by atoms with Crippen LogP contribution in [0, 0.1) is 0 Å². The van der Waals surface area contributed by atoms with Crippen LogP contribution in [0.15, 0.2) is 17.0 Å². The van der Waals surface area contributed by atoms with Gasteiger partial charge in [-0.2, -0.15) is 0 Å². The van der Waals surface area contributed by atoms with Gasteiger partial charge in [0, 0.05) is 6.54 Å². The molecule has 1 saturated heterocycles. The van der Waals surface area contributed by atoms with Crippen molar-refractivity contribution in [1.82, 2.24) is 4.90 Å². The molecular formula is C16H16ClNO5S2. The third-order valence-electron chi connectivity index (χ3n) is 3.30. The van der Waals surface area contributed by atoms with Gasteiger partial charge in [0.15, 0.2) is 18.1 Å². The maximum Gasteiger partial charge on any atom is 0.343 e. The Labute approximate surface area is 160 Å². The monoisotopic (exact) mass is 401 g/mol. The Morgan fingerprint density at radius 2 is 2.12 bits per heavy atom. The summed E-state index contributed by atoms with van der Waals surface area (Å²) in [6, 6.07) is 3.28. The second kappa shape index (κ2) is 8.55. The van der Waals surface area contributed by atoms with Crippen molar-refractivity contribution in [2.75, 3.05) is 27.4 Å². The van der Waals surface area contributed by atoms with Gasteiger partial charge in [-0.25, -0.2) is 4.79 Å². The van der Waals surface area contributed by atoms with E-state index in [1.165, 1.54) is 30.9 Å². The highest BCUT2D eigenvalue weighted by atomic mass is 35.5. The van der Waals surface area contributed by atoms with Gasteiger partial charge in [-0.05, 0) is 30.7 Å². The lowest BCUT2D eigenvalue weighted by atomic mass is 10.1. The third-order valence-corrected chi connectivity index (χ3v) is 4.96. The molecule has 1 heterocycles. The van der Waals surface area contributed by atoms with Crippen LogP contribution in [0.1, 0.15) is 12.5 Å². The summed E-state index contributed by atoms with van der Waals surface area (Å²) >= 11 is 12.7. The number of likely N-dealkylation sites (N-methyl/N-ethyl adjacent to an activating group) is 1. The molecule has 6 nitrogen and oxygen atoms in total. The van der Waals surface area contributed by atoms with Crippen LogP contribution in [0.5, 0.6) is 11.5 Å². The molecule has 1 fully saturated rings. The zero-order valence-electron chi connectivity index (χ0n) is 13.8. The fourth-order valence-corrected chi connectivity index (χ4v) is 3.74. The minimum atomic E-state index is -0.537. The molecule has 1 aliphatic rings. The predicted molar refractivity (Wildman–Crippen MR) is 101 cm³/mol. The van der Waals surface area contributed by atoms with Crippen molar-refractivity contribution in [3.05, 3.63) is 27.6 Å². The Bertz CT molecular complexity index is 750. The van der Waals surface area contributed by atoms with E-state index in [0.29, 0.717) is 27.1 Å². The largest absolute Gasteiger partial charge is 0.493 e. The number of thiocarbonyl (C=S) groups is 1. The van der Waals surface area contributed by atoms with Crippen LogP contribution in [0.25, 0.3) is 6.08 Å². The predicted octanol–water partition coefficient (Wildman–Crippen LogP) is 3.12. The number of rotatable bonds is 6. The number of benzene rings is 1. The fraction of sp³-hybridized carbons (Fsp3) is 0.312. The van der Waals surface area contributed by atoms with Gasteiger partial charge in [0.1, 0.15) is 4.32 Å². The fourth-order valence-electron chi connectivity index (χ4n) is 2.08. The van der Waals surface area contributed by atoms with Crippen LogP contribution in [0.4, 0.5) is 0 Å². The Hall–Kier alpha value is -1.77. The van der Waals surface area contributed by atoms with Gasteiger partial charge >= 0.3 is 5.97 Å². The van der Waals surface area contributed by atoms with Crippen LogP contribution in [0.3, 0.4) is 0 Å². The average Bonchev–Trinajstić information content (AvgIpc) is 2.86. The van der Waals surface area contributed by atoms with Gasteiger partial charge in [-0.1, -0.05) is 35.6 Å². The van der Waals surface area contributed by atoms with E-state index < -0.39 is 5.97 Å². The lowest BCUT2D eigenvalue weighted by Crippen LogP contribution is -2.27. The second-order valence-electron chi connectivity index (χ2n) is 4.82. The lowest BCUT2D eigenvalue weighted by Gasteiger charge is -2.12. The van der Waals surface area contributed by atoms with Crippen molar-refractivity contribution < 1.29 is 23.8 Å². The van der Waals surface area contributed by atoms with E-state index in [-0.39, 0.29) is 23.3 Å². The second-order valence-corrected chi connectivity index (χ2v) is 6.91. The Morgan fingerprint density at radius 1 is 1.40 bits per heavy atom. The normalized spacial score (nSPS) is 15.7. The molecule has 134 valence electrons. The highest BCUT2D eigenvalue weighted by Gasteiger charge is 2.30. The number of thioether (sulfide) groups is 1. The molecule has 0 aromatic heterocycles. The third kappa shape index (κ3) is 4.45. The number of carbonyl (C=O) groups excluding carboxylic acids is 2. The summed E-state index contributed by atoms with van der Waals surface area (Å²) in [5, 5.41) is 0.250. The smallest absolute Gasteiger partial charge is 0.343 e. The molecule has 2 rings (SSSR count). The van der Waals surface area contributed by atoms with E-state index in [9.17, 15) is 9.59 Å². The van der Waals surface area contributed by atoms with Crippen LogP contribution < -0.4 is 9.47 Å². The summed E-state index contributed by atoms with van der Waals surface area (Å²) in [4.78, 5) is 25.5. The van der Waals surface area contributed by atoms with Crippen molar-refractivity contribution in [3.8, 4) is 11.5 Å². The van der Waals surface area contributed by atoms with E-state index in [2.05, 4.69) is 4.74 Å². The Kier molecular flexibility index (Phi) is 6.69. The first kappa shape index (κ1) is 19.6. The van der Waals surface area contributed by atoms with Gasteiger partial charge in [-0.15, -0.1) is 0 Å². The molecule has 1 aromatic carbocycles. The maximum atomic E-state index is 12.3. The van der Waals surface area contributed by atoms with Gasteiger partial charge in [0.2, 0.25) is 0 Å². The van der Waals surface area contributed by atoms with Crippen molar-refractivity contribution in [2.24, 2.45) is 0 Å². The van der Waals surface area contributed by atoms with Gasteiger partial charge in [0.05, 0.1) is 24.1 Å². The zero-order chi connectivity index (χ0) is 18.6. The standard InChI is InChI=1S/C16H16ClNO5S2/c1-4-18-15(20)12(25-16(18)24)7-9-5-10(17)14(11(6-9)21-2)23-8-13(19)22-3/h5-7H,4,8H2,1-3H3/b12-7-. The zero-order valence-corrected chi connectivity index (χ0v) is 16.2. The van der Waals surface area contributed by atoms with Crippen LogP contribution >= 0.6 is 35.6 Å². The van der Waals surface area contributed by atoms with E-state index in [1.54, 1.807) is 18.2 Å². The van der Waals surface area contributed by atoms with Crippen molar-refractivity contribution >= 4 is 57.9 Å². The molecule has 25 heavy (non-hydrogen) atoms. The molecule has 0 radical (unpaired) electrons. The Balaban J connectivity index is 2.30. The molecule has 0 N–H and O–H groups in total. The van der Waals surface area contributed by atoms with E-state index in [4.69, 9.17) is 33.3 Å². The molecule has 0 bridgehead atoms. The number of hydrogen-bond donors (Lipinski definition) is 0. The summed E-state index contributed by atoms with van der Waals surface area (Å²) in [6.07, 6.45) is 1.69. The maximum absolute atomic E-state index is 12.3. The minimum absolute atomic E-state index is 0.140. The highest BCUT2D eigenvalue weighted by molar-refractivity contribution is 8.26. The van der Waals surface area contributed by atoms with Crippen LogP contribution in [0.2, 0.25) is 5.02 Å². The molecule has 0 unspecified atom stereocenters. The first-order chi connectivity index (χ1) is 11.9.